The van der Waals surface area contributed by atoms with E-state index in [1.165, 1.54) is 11.1 Å². The number of carboxylic acid groups (broad SMARTS) is 3. The quantitative estimate of drug-likeness (QED) is 0.396. The number of furan rings is 1. The van der Waals surface area contributed by atoms with E-state index >= 15 is 0 Å². The summed E-state index contributed by atoms with van der Waals surface area (Å²) >= 11 is 0. The number of pyridine rings is 1. The van der Waals surface area contributed by atoms with E-state index in [1.54, 1.807) is 6.26 Å². The Labute approximate surface area is 248 Å². The van der Waals surface area contributed by atoms with Crippen LogP contribution in [-0.2, 0) is 32.2 Å². The van der Waals surface area contributed by atoms with E-state index in [9.17, 15) is 39.5 Å². The smallest absolute Gasteiger partial charge is 0.475 e. The SMILES string of the molecule is O=C(O)C(F)(F)F.O=C(O)C(F)(F)F.O=C(O)C(F)(F)F.c1cncc(CN2CCOC3(CCN(Cc4ccoc4)CC3)C2)c1. The van der Waals surface area contributed by atoms with E-state index in [2.05, 4.69) is 26.9 Å². The van der Waals surface area contributed by atoms with E-state index in [4.69, 9.17) is 38.9 Å². The minimum absolute atomic E-state index is 0.0351. The van der Waals surface area contributed by atoms with Crippen LogP contribution in [0.4, 0.5) is 39.5 Å². The average Bonchev–Trinajstić information content (AvgIpc) is 3.44. The number of aliphatic carboxylic acids is 3. The Morgan fingerprint density at radius 1 is 0.778 bits per heavy atom. The molecule has 0 atom stereocenters. The minimum Gasteiger partial charge on any atom is -0.475 e. The summed E-state index contributed by atoms with van der Waals surface area (Å²) in [5, 5.41) is 21.4. The van der Waals surface area contributed by atoms with Crippen LogP contribution in [0.15, 0.2) is 47.5 Å². The van der Waals surface area contributed by atoms with Crippen molar-refractivity contribution in [2.24, 2.45) is 0 Å². The van der Waals surface area contributed by atoms with Crippen LogP contribution >= 0.6 is 0 Å². The lowest BCUT2D eigenvalue weighted by molar-refractivity contribution is -0.193. The van der Waals surface area contributed by atoms with E-state index in [1.807, 2.05) is 24.7 Å². The highest BCUT2D eigenvalue weighted by Crippen LogP contribution is 2.31. The second-order valence-corrected chi connectivity index (χ2v) is 9.42. The third kappa shape index (κ3) is 15.6. The first-order chi connectivity index (χ1) is 20.6. The maximum Gasteiger partial charge on any atom is 0.490 e. The molecule has 45 heavy (non-hydrogen) atoms. The Kier molecular flexibility index (Phi) is 14.7. The number of hydrogen-bond donors (Lipinski definition) is 3. The molecule has 0 saturated carbocycles. The van der Waals surface area contributed by atoms with Crippen molar-refractivity contribution in [1.29, 1.82) is 0 Å². The van der Waals surface area contributed by atoms with Gasteiger partial charge in [-0.3, -0.25) is 14.8 Å². The van der Waals surface area contributed by atoms with Crippen molar-refractivity contribution >= 4 is 17.9 Å². The number of aromatic nitrogens is 1. The molecule has 0 radical (unpaired) electrons. The molecule has 0 aromatic carbocycles. The van der Waals surface area contributed by atoms with E-state index in [0.717, 1.165) is 58.7 Å². The van der Waals surface area contributed by atoms with Crippen LogP contribution in [0.1, 0.15) is 24.0 Å². The lowest BCUT2D eigenvalue weighted by atomic mass is 9.89. The van der Waals surface area contributed by atoms with Gasteiger partial charge >= 0.3 is 36.4 Å². The predicted molar refractivity (Wildman–Crippen MR) is 132 cm³/mol. The topological polar surface area (TPSA) is 154 Å². The normalized spacial score (nSPS) is 17.0. The Morgan fingerprint density at radius 2 is 1.27 bits per heavy atom. The molecule has 2 fully saturated rings. The van der Waals surface area contributed by atoms with Gasteiger partial charge in [0, 0.05) is 57.2 Å². The lowest BCUT2D eigenvalue weighted by Gasteiger charge is -2.47. The fourth-order valence-electron chi connectivity index (χ4n) is 3.87. The van der Waals surface area contributed by atoms with Gasteiger partial charge in [-0.05, 0) is 30.5 Å². The fourth-order valence-corrected chi connectivity index (χ4v) is 3.87. The van der Waals surface area contributed by atoms with Crippen molar-refractivity contribution in [2.45, 2.75) is 50.1 Å². The molecule has 20 heteroatoms. The van der Waals surface area contributed by atoms with Crippen molar-refractivity contribution in [2.75, 3.05) is 32.8 Å². The molecule has 254 valence electrons. The zero-order chi connectivity index (χ0) is 34.5. The number of ether oxygens (including phenoxy) is 1. The molecule has 2 aliphatic rings. The number of halogens is 9. The first-order valence-electron chi connectivity index (χ1n) is 12.5. The van der Waals surface area contributed by atoms with Gasteiger partial charge in [0.1, 0.15) is 0 Å². The van der Waals surface area contributed by atoms with Crippen molar-refractivity contribution in [3.05, 3.63) is 54.2 Å². The number of carbonyl (C=O) groups is 3. The summed E-state index contributed by atoms with van der Waals surface area (Å²) < 4.78 is 107. The van der Waals surface area contributed by atoms with Crippen LogP contribution in [0.25, 0.3) is 0 Å². The summed E-state index contributed by atoms with van der Waals surface area (Å²) in [6, 6.07) is 6.22. The van der Waals surface area contributed by atoms with Gasteiger partial charge in [-0.1, -0.05) is 6.07 Å². The van der Waals surface area contributed by atoms with Crippen LogP contribution < -0.4 is 0 Å². The van der Waals surface area contributed by atoms with Gasteiger partial charge in [-0.15, -0.1) is 0 Å². The number of hydrogen-bond acceptors (Lipinski definition) is 8. The zero-order valence-electron chi connectivity index (χ0n) is 23.0. The van der Waals surface area contributed by atoms with Gasteiger partial charge < -0.3 is 24.5 Å². The molecule has 0 bridgehead atoms. The third-order valence-corrected chi connectivity index (χ3v) is 5.94. The summed E-state index contributed by atoms with van der Waals surface area (Å²) in [5.74, 6) is -8.27. The molecule has 4 rings (SSSR count). The van der Waals surface area contributed by atoms with Crippen molar-refractivity contribution in [1.82, 2.24) is 14.8 Å². The number of likely N-dealkylation sites (tertiary alicyclic amines) is 1. The summed E-state index contributed by atoms with van der Waals surface area (Å²) in [5.41, 5.74) is 2.58. The van der Waals surface area contributed by atoms with E-state index < -0.39 is 36.4 Å². The number of nitrogens with zero attached hydrogens (tertiary/aromatic N) is 3. The Hall–Kier alpha value is -3.91. The molecule has 2 aromatic heterocycles. The molecule has 0 aliphatic carbocycles. The highest BCUT2D eigenvalue weighted by molar-refractivity contribution is 5.73. The predicted octanol–water partition coefficient (Wildman–Crippen LogP) is 4.44. The number of rotatable bonds is 4. The van der Waals surface area contributed by atoms with Gasteiger partial charge in [0.25, 0.3) is 0 Å². The second-order valence-electron chi connectivity index (χ2n) is 9.42. The maximum atomic E-state index is 10.6. The highest BCUT2D eigenvalue weighted by atomic mass is 19.4. The molecule has 2 aliphatic heterocycles. The Morgan fingerprint density at radius 3 is 1.67 bits per heavy atom. The average molecular weight is 669 g/mol. The minimum atomic E-state index is -5.08. The Bertz CT molecular complexity index is 1130. The van der Waals surface area contributed by atoms with Crippen LogP contribution in [0.5, 0.6) is 0 Å². The van der Waals surface area contributed by atoms with Gasteiger partial charge in [-0.25, -0.2) is 14.4 Å². The lowest BCUT2D eigenvalue weighted by Crippen LogP contribution is -2.56. The monoisotopic (exact) mass is 669 g/mol. The first-order valence-corrected chi connectivity index (χ1v) is 12.5. The summed E-state index contributed by atoms with van der Waals surface area (Å²) in [7, 11) is 0. The van der Waals surface area contributed by atoms with Crippen molar-refractivity contribution < 1.29 is 78.4 Å². The second kappa shape index (κ2) is 17.0. The van der Waals surface area contributed by atoms with Crippen LogP contribution in [0, 0.1) is 0 Å². The summed E-state index contributed by atoms with van der Waals surface area (Å²) in [6.07, 6.45) is -5.64. The molecule has 4 heterocycles. The van der Waals surface area contributed by atoms with Gasteiger partial charge in [0.05, 0.1) is 24.7 Å². The van der Waals surface area contributed by atoms with E-state index in [-0.39, 0.29) is 5.60 Å². The van der Waals surface area contributed by atoms with E-state index in [0.29, 0.717) is 0 Å². The molecule has 1 spiro atoms. The molecule has 3 N–H and O–H groups in total. The number of morpholine rings is 1. The molecule has 0 unspecified atom stereocenters. The molecule has 2 aromatic rings. The highest BCUT2D eigenvalue weighted by Gasteiger charge is 2.40. The molecule has 2 saturated heterocycles. The third-order valence-electron chi connectivity index (χ3n) is 5.94. The molecule has 11 nitrogen and oxygen atoms in total. The standard InChI is InChI=1S/C19H25N3O2.3C2HF3O2/c1-2-17(12-20-6-1)13-22-9-11-24-19(16-22)4-7-21(8-5-19)14-18-3-10-23-15-18;3*3-2(4,5)1(6)7/h1-3,6,10,12,15H,4-5,7-9,11,13-14,16H2;3*(H,6,7). The van der Waals surface area contributed by atoms with Crippen molar-refractivity contribution in [3.8, 4) is 0 Å². The fraction of sp³-hybridized carbons (Fsp3) is 0.520. The molecule has 0 amide bonds. The molecular formula is C25H28F9N3O8. The van der Waals surface area contributed by atoms with Gasteiger partial charge in [0.15, 0.2) is 0 Å². The van der Waals surface area contributed by atoms with Crippen LogP contribution in [0.3, 0.4) is 0 Å². The zero-order valence-corrected chi connectivity index (χ0v) is 23.0. The number of alkyl halides is 9. The van der Waals surface area contributed by atoms with Crippen molar-refractivity contribution in [3.63, 3.8) is 0 Å². The Balaban J connectivity index is 0.000000396. The number of carboxylic acids is 3. The summed E-state index contributed by atoms with van der Waals surface area (Å²) in [4.78, 5) is 35.9. The van der Waals surface area contributed by atoms with Gasteiger partial charge in [-0.2, -0.15) is 39.5 Å². The first kappa shape index (κ1) is 39.1. The maximum absolute atomic E-state index is 10.6. The largest absolute Gasteiger partial charge is 0.490 e. The summed E-state index contributed by atoms with van der Waals surface area (Å²) in [6.45, 7) is 7.00. The van der Waals surface area contributed by atoms with Crippen LogP contribution in [0.2, 0.25) is 0 Å². The van der Waals surface area contributed by atoms with Gasteiger partial charge in [0.2, 0.25) is 0 Å². The number of piperidine rings is 1. The van der Waals surface area contributed by atoms with Crippen LogP contribution in [-0.4, -0.2) is 105 Å². The molecular weight excluding hydrogens is 641 g/mol.